The van der Waals surface area contributed by atoms with Crippen molar-refractivity contribution in [1.82, 2.24) is 9.13 Å². The molecule has 4 heteroatoms. The third-order valence-electron chi connectivity index (χ3n) is 13.7. The van der Waals surface area contributed by atoms with E-state index in [0.29, 0.717) is 0 Å². The summed E-state index contributed by atoms with van der Waals surface area (Å²) in [4.78, 5) is 0. The number of hydrogen-bond acceptors (Lipinski definition) is 2. The van der Waals surface area contributed by atoms with E-state index in [4.69, 9.17) is 0 Å². The molecule has 9 rings (SSSR count). The zero-order chi connectivity index (χ0) is 42.1. The summed E-state index contributed by atoms with van der Waals surface area (Å²) in [6.45, 7) is 4.61. The highest BCUT2D eigenvalue weighted by molar-refractivity contribution is 7.27. The molecule has 4 aromatic heterocycles. The van der Waals surface area contributed by atoms with E-state index in [2.05, 4.69) is 132 Å². The van der Waals surface area contributed by atoms with Gasteiger partial charge in [-0.3, -0.25) is 0 Å². The van der Waals surface area contributed by atoms with Gasteiger partial charge in [0, 0.05) is 42.3 Å². The summed E-state index contributed by atoms with van der Waals surface area (Å²) in [6.07, 6.45) is 29.9. The molecule has 5 aromatic carbocycles. The Labute approximate surface area is 379 Å². The summed E-state index contributed by atoms with van der Waals surface area (Å²) in [6, 6.07) is 42.2. The summed E-state index contributed by atoms with van der Waals surface area (Å²) in [7, 11) is 0. The average Bonchev–Trinajstić information content (AvgIpc) is 4.04. The standard InChI is InChI=1S/C58H68N2S2/c1-3-5-7-9-11-13-15-17-19-21-27-43-33-37-45(38-34-43)59-51-41-50-52(42-49(51)57-55(59)47-29-23-25-31-53(47)61-57)60(56-48-30-24-26-32-54(48)62-58(50)56)46-39-35-44(36-40-46)28-22-20-18-16-14-12-10-8-6-4-2/h23-26,29-42H,3-22,27-28H2,1-2H3. The van der Waals surface area contributed by atoms with E-state index in [1.807, 2.05) is 22.7 Å². The lowest BCUT2D eigenvalue weighted by Gasteiger charge is -2.11. The summed E-state index contributed by atoms with van der Waals surface area (Å²) < 4.78 is 10.6. The molecule has 322 valence electrons. The molecule has 0 saturated carbocycles. The fraction of sp³-hybridized carbons (Fsp3) is 0.414. The van der Waals surface area contributed by atoms with Gasteiger partial charge in [0.1, 0.15) is 0 Å². The first-order chi connectivity index (χ1) is 30.7. The number of rotatable bonds is 24. The van der Waals surface area contributed by atoms with Gasteiger partial charge in [-0.05, 0) is 85.3 Å². The van der Waals surface area contributed by atoms with Crippen molar-refractivity contribution in [2.75, 3.05) is 0 Å². The Morgan fingerprint density at radius 1 is 0.355 bits per heavy atom. The highest BCUT2D eigenvalue weighted by atomic mass is 32.1. The fourth-order valence-electron chi connectivity index (χ4n) is 10.2. The van der Waals surface area contributed by atoms with Gasteiger partial charge in [-0.1, -0.05) is 190 Å². The number of benzene rings is 5. The third kappa shape index (κ3) is 9.29. The molecule has 0 amide bonds. The Kier molecular flexibility index (Phi) is 14.4. The van der Waals surface area contributed by atoms with E-state index < -0.39 is 0 Å². The molecule has 0 N–H and O–H groups in total. The molecule has 0 radical (unpaired) electrons. The molecule has 0 saturated heterocycles. The molecule has 0 aliphatic rings. The number of thiophene rings is 2. The molecule has 4 heterocycles. The summed E-state index contributed by atoms with van der Waals surface area (Å²) >= 11 is 3.89. The third-order valence-corrected chi connectivity index (χ3v) is 16.1. The lowest BCUT2D eigenvalue weighted by molar-refractivity contribution is 0.556. The Balaban J connectivity index is 1.00. The van der Waals surface area contributed by atoms with E-state index in [0.717, 1.165) is 0 Å². The van der Waals surface area contributed by atoms with Crippen LogP contribution in [0, 0.1) is 0 Å². The van der Waals surface area contributed by atoms with Crippen LogP contribution in [0.25, 0.3) is 73.8 Å². The predicted octanol–water partition coefficient (Wildman–Crippen LogP) is 19.2. The maximum atomic E-state index is 2.58. The second-order valence-electron chi connectivity index (χ2n) is 18.3. The maximum absolute atomic E-state index is 2.58. The van der Waals surface area contributed by atoms with Crippen LogP contribution >= 0.6 is 22.7 Å². The molecule has 0 bridgehead atoms. The minimum atomic E-state index is 1.17. The van der Waals surface area contributed by atoms with Crippen molar-refractivity contribution in [1.29, 1.82) is 0 Å². The van der Waals surface area contributed by atoms with E-state index in [-0.39, 0.29) is 0 Å². The minimum Gasteiger partial charge on any atom is -0.308 e. The van der Waals surface area contributed by atoms with Gasteiger partial charge >= 0.3 is 0 Å². The Hall–Kier alpha value is -4.38. The van der Waals surface area contributed by atoms with Crippen molar-refractivity contribution in [3.63, 3.8) is 0 Å². The van der Waals surface area contributed by atoms with Crippen LogP contribution in [0.3, 0.4) is 0 Å². The van der Waals surface area contributed by atoms with Crippen molar-refractivity contribution in [2.24, 2.45) is 0 Å². The molecular formula is C58H68N2S2. The average molecular weight is 857 g/mol. The number of aryl methyl sites for hydroxylation is 2. The first-order valence-corrected chi connectivity index (χ1v) is 26.4. The second kappa shape index (κ2) is 20.9. The summed E-state index contributed by atoms with van der Waals surface area (Å²) in [5.74, 6) is 0. The van der Waals surface area contributed by atoms with Gasteiger partial charge in [0.05, 0.1) is 31.5 Å². The van der Waals surface area contributed by atoms with Crippen LogP contribution in [-0.4, -0.2) is 9.13 Å². The van der Waals surface area contributed by atoms with Crippen LogP contribution in [0.2, 0.25) is 0 Å². The molecule has 0 aliphatic heterocycles. The van der Waals surface area contributed by atoms with E-state index >= 15 is 0 Å². The molecule has 9 aromatic rings. The lowest BCUT2D eigenvalue weighted by Crippen LogP contribution is -1.96. The smallest absolute Gasteiger partial charge is 0.0727 e. The van der Waals surface area contributed by atoms with E-state index in [1.54, 1.807) is 0 Å². The Morgan fingerprint density at radius 2 is 0.694 bits per heavy atom. The zero-order valence-electron chi connectivity index (χ0n) is 37.7. The molecule has 62 heavy (non-hydrogen) atoms. The molecule has 0 spiro atoms. The molecule has 2 nitrogen and oxygen atoms in total. The Morgan fingerprint density at radius 3 is 1.06 bits per heavy atom. The fourth-order valence-corrected chi connectivity index (χ4v) is 12.6. The van der Waals surface area contributed by atoms with Crippen molar-refractivity contribution in [3.05, 3.63) is 120 Å². The Bertz CT molecular complexity index is 2630. The molecule has 0 atom stereocenters. The van der Waals surface area contributed by atoms with Crippen molar-refractivity contribution in [3.8, 4) is 11.4 Å². The zero-order valence-corrected chi connectivity index (χ0v) is 39.3. The normalized spacial score (nSPS) is 12.2. The van der Waals surface area contributed by atoms with Gasteiger partial charge in [-0.25, -0.2) is 0 Å². The first-order valence-electron chi connectivity index (χ1n) is 24.7. The monoisotopic (exact) mass is 856 g/mol. The van der Waals surface area contributed by atoms with Gasteiger partial charge in [0.15, 0.2) is 0 Å². The van der Waals surface area contributed by atoms with Crippen LogP contribution in [0.5, 0.6) is 0 Å². The largest absolute Gasteiger partial charge is 0.308 e. The van der Waals surface area contributed by atoms with E-state index in [1.165, 1.54) is 226 Å². The highest BCUT2D eigenvalue weighted by Gasteiger charge is 2.23. The van der Waals surface area contributed by atoms with Gasteiger partial charge in [-0.2, -0.15) is 0 Å². The SMILES string of the molecule is CCCCCCCCCCCCc1ccc(-n2c3cc4c5sc6ccccc6c5n(-c5ccc(CCCCCCCCCCCC)cc5)c4cc3c3sc4ccccc4c32)cc1. The van der Waals surface area contributed by atoms with Gasteiger partial charge in [0.25, 0.3) is 0 Å². The predicted molar refractivity (Wildman–Crippen MR) is 277 cm³/mol. The number of aromatic nitrogens is 2. The van der Waals surface area contributed by atoms with Crippen LogP contribution in [-0.2, 0) is 12.8 Å². The molecule has 0 unspecified atom stereocenters. The summed E-state index contributed by atoms with van der Waals surface area (Å²) in [5, 5.41) is 5.37. The number of unbranched alkanes of at least 4 members (excludes halogenated alkanes) is 18. The molecule has 0 aliphatic carbocycles. The maximum Gasteiger partial charge on any atom is 0.0727 e. The van der Waals surface area contributed by atoms with Crippen LogP contribution in [0.4, 0.5) is 0 Å². The van der Waals surface area contributed by atoms with Gasteiger partial charge < -0.3 is 9.13 Å². The lowest BCUT2D eigenvalue weighted by atomic mass is 10.0. The van der Waals surface area contributed by atoms with Gasteiger partial charge in [0.2, 0.25) is 0 Å². The minimum absolute atomic E-state index is 1.17. The molecule has 0 fully saturated rings. The molecular weight excluding hydrogens is 789 g/mol. The van der Waals surface area contributed by atoms with Crippen molar-refractivity contribution in [2.45, 2.75) is 155 Å². The van der Waals surface area contributed by atoms with Crippen LogP contribution < -0.4 is 0 Å². The van der Waals surface area contributed by atoms with Crippen molar-refractivity contribution >= 4 is 85.1 Å². The van der Waals surface area contributed by atoms with Crippen molar-refractivity contribution < 1.29 is 0 Å². The second-order valence-corrected chi connectivity index (χ2v) is 20.4. The quantitative estimate of drug-likeness (QED) is 0.0536. The number of nitrogens with zero attached hydrogens (tertiary/aromatic N) is 2. The topological polar surface area (TPSA) is 9.86 Å². The van der Waals surface area contributed by atoms with Crippen LogP contribution in [0.15, 0.2) is 109 Å². The number of fused-ring (bicyclic) bond motifs is 10. The van der Waals surface area contributed by atoms with Crippen LogP contribution in [0.1, 0.15) is 153 Å². The summed E-state index contributed by atoms with van der Waals surface area (Å²) in [5.41, 5.74) is 10.7. The number of hydrogen-bond donors (Lipinski definition) is 0. The van der Waals surface area contributed by atoms with E-state index in [9.17, 15) is 0 Å². The van der Waals surface area contributed by atoms with Gasteiger partial charge in [-0.15, -0.1) is 22.7 Å². The first kappa shape index (κ1) is 42.9. The highest BCUT2D eigenvalue weighted by Crippen LogP contribution is 2.47.